The van der Waals surface area contributed by atoms with Gasteiger partial charge in [-0.2, -0.15) is 0 Å². The summed E-state index contributed by atoms with van der Waals surface area (Å²) in [7, 11) is -6.04. The molecule has 450 valence electrons. The Balaban J connectivity index is 0.977. The van der Waals surface area contributed by atoms with E-state index in [1.807, 2.05) is 0 Å². The van der Waals surface area contributed by atoms with E-state index in [-0.39, 0.29) is 6.71 Å². The van der Waals surface area contributed by atoms with Crippen LogP contribution in [0.2, 0.25) is 0 Å². The fraction of sp³-hybridized carbons (Fsp3) is 0. The zero-order valence-electron chi connectivity index (χ0n) is 52.9. The molecule has 0 spiro atoms. The number of nitrogens with zero attached hydrogens (tertiary/aromatic N) is 3. The molecule has 0 atom stereocenters. The number of anilines is 6. The zero-order valence-corrected chi connectivity index (χ0v) is 54.9. The van der Waals surface area contributed by atoms with Gasteiger partial charge in [0.05, 0.1) is 16.7 Å². The Morgan fingerprint density at radius 1 is 0.219 bits per heavy atom. The van der Waals surface area contributed by atoms with Crippen LogP contribution in [0.1, 0.15) is 0 Å². The highest BCUT2D eigenvalue weighted by Crippen LogP contribution is 2.47. The van der Waals surface area contributed by atoms with Crippen LogP contribution in [0.5, 0.6) is 0 Å². The second-order valence-corrected chi connectivity index (χ2v) is 33.0. The molecule has 16 aromatic rings. The quantitative estimate of drug-likeness (QED) is 0.0842. The molecule has 0 amide bonds. The molecule has 2 aliphatic heterocycles. The summed E-state index contributed by atoms with van der Waals surface area (Å²) in [5.74, 6) is 0. The van der Waals surface area contributed by atoms with Crippen molar-refractivity contribution < 1.29 is 0 Å². The molecule has 0 fully saturated rings. The topological polar surface area (TPSA) is 11.4 Å². The average molecular weight is 1250 g/mol. The molecule has 0 unspecified atom stereocenters. The SMILES string of the molecule is c1ccc(-c2ccc(N3c4cccc(-c5ccccc5)c4B4c5cc([Si](c6ccccc6)(c6ccccc6)c6ccccc6)ccc5N(c5ccc([Si](c6ccccc6)(c6ccccc6)c6ccccc6)cc5)c5cc(-n6c7ccccc7c7ccccc76)cc3c54)cc2)cc1. The first-order valence-electron chi connectivity index (χ1n) is 33.3. The van der Waals surface area contributed by atoms with Crippen LogP contribution in [-0.2, 0) is 0 Å². The van der Waals surface area contributed by atoms with E-state index in [0.29, 0.717) is 0 Å². The molecule has 0 saturated carbocycles. The van der Waals surface area contributed by atoms with Gasteiger partial charge in [-0.25, -0.2) is 0 Å². The van der Waals surface area contributed by atoms with Crippen LogP contribution in [-0.4, -0.2) is 27.4 Å². The Bertz CT molecular complexity index is 5260. The summed E-state index contributed by atoms with van der Waals surface area (Å²) in [6.07, 6.45) is 0. The molecule has 96 heavy (non-hydrogen) atoms. The van der Waals surface area contributed by atoms with Gasteiger partial charge in [0.1, 0.15) is 0 Å². The molecule has 0 aliphatic carbocycles. The van der Waals surface area contributed by atoms with Gasteiger partial charge in [-0.1, -0.05) is 328 Å². The van der Waals surface area contributed by atoms with E-state index < -0.39 is 16.1 Å². The van der Waals surface area contributed by atoms with E-state index in [4.69, 9.17) is 0 Å². The summed E-state index contributed by atoms with van der Waals surface area (Å²) < 4.78 is 2.52. The first-order valence-corrected chi connectivity index (χ1v) is 37.3. The van der Waals surface area contributed by atoms with Gasteiger partial charge < -0.3 is 14.4 Å². The molecular formula is C90H64BN3Si2. The number of hydrogen-bond donors (Lipinski definition) is 0. The molecule has 15 aromatic carbocycles. The lowest BCUT2D eigenvalue weighted by atomic mass is 9.32. The van der Waals surface area contributed by atoms with Crippen LogP contribution < -0.4 is 67.7 Å². The van der Waals surface area contributed by atoms with Crippen LogP contribution in [0.4, 0.5) is 34.1 Å². The van der Waals surface area contributed by atoms with Crippen LogP contribution >= 0.6 is 0 Å². The molecule has 18 rings (SSSR count). The number of benzene rings is 15. The van der Waals surface area contributed by atoms with Crippen molar-refractivity contribution in [1.29, 1.82) is 0 Å². The first kappa shape index (κ1) is 56.9. The van der Waals surface area contributed by atoms with Gasteiger partial charge in [-0.3, -0.25) is 0 Å². The smallest absolute Gasteiger partial charge is 0.252 e. The monoisotopic (exact) mass is 1250 g/mol. The van der Waals surface area contributed by atoms with E-state index >= 15 is 0 Å². The molecule has 0 N–H and O–H groups in total. The van der Waals surface area contributed by atoms with Gasteiger partial charge in [0.2, 0.25) is 0 Å². The lowest BCUT2D eigenvalue weighted by molar-refractivity contribution is 1.16. The second-order valence-electron chi connectivity index (χ2n) is 25.4. The predicted octanol–water partition coefficient (Wildman–Crippen LogP) is 15.0. The highest BCUT2D eigenvalue weighted by Gasteiger charge is 2.49. The number of rotatable bonds is 13. The van der Waals surface area contributed by atoms with E-state index in [0.717, 1.165) is 50.8 Å². The fourth-order valence-electron chi connectivity index (χ4n) is 16.4. The normalized spacial score (nSPS) is 12.5. The molecule has 0 bridgehead atoms. The van der Waals surface area contributed by atoms with Crippen LogP contribution in [0.25, 0.3) is 49.7 Å². The number of aromatic nitrogens is 1. The van der Waals surface area contributed by atoms with Gasteiger partial charge in [-0.15, -0.1) is 0 Å². The highest BCUT2D eigenvalue weighted by molar-refractivity contribution is 7.20. The molecule has 3 heterocycles. The molecule has 1 aromatic heterocycles. The largest absolute Gasteiger partial charge is 0.311 e. The molecule has 6 heteroatoms. The van der Waals surface area contributed by atoms with Crippen LogP contribution in [0.3, 0.4) is 0 Å². The lowest BCUT2D eigenvalue weighted by Crippen LogP contribution is -2.75. The Hall–Kier alpha value is -11.8. The zero-order chi connectivity index (χ0) is 63.6. The molecule has 3 nitrogen and oxygen atoms in total. The Morgan fingerprint density at radius 3 is 1.03 bits per heavy atom. The minimum atomic E-state index is -3.11. The average Bonchev–Trinajstić information content (AvgIpc) is 0.769. The van der Waals surface area contributed by atoms with E-state index in [1.165, 1.54) is 90.9 Å². The van der Waals surface area contributed by atoms with Crippen molar-refractivity contribution in [3.8, 4) is 27.9 Å². The highest BCUT2D eigenvalue weighted by atomic mass is 28.3. The molecule has 0 radical (unpaired) electrons. The maximum atomic E-state index is 2.67. The summed E-state index contributed by atoms with van der Waals surface area (Å²) in [5, 5.41) is 13.1. The Labute approximate surface area is 563 Å². The van der Waals surface area contributed by atoms with Crippen LogP contribution in [0.15, 0.2) is 388 Å². The Kier molecular flexibility index (Phi) is 14.0. The minimum Gasteiger partial charge on any atom is -0.311 e. The van der Waals surface area contributed by atoms with Crippen molar-refractivity contribution in [2.24, 2.45) is 0 Å². The lowest BCUT2D eigenvalue weighted by Gasteiger charge is -2.46. The summed E-state index contributed by atoms with van der Waals surface area (Å²) in [6.45, 7) is -0.234. The predicted molar refractivity (Wildman–Crippen MR) is 413 cm³/mol. The number of para-hydroxylation sites is 2. The summed E-state index contributed by atoms with van der Waals surface area (Å²) >= 11 is 0. The second kappa shape index (κ2) is 23.6. The third-order valence-electron chi connectivity index (χ3n) is 20.5. The summed E-state index contributed by atoms with van der Waals surface area (Å²) in [5.41, 5.74) is 18.7. The molecular weight excluding hydrogens is 1190 g/mol. The van der Waals surface area contributed by atoms with Gasteiger partial charge in [0.25, 0.3) is 6.71 Å². The van der Waals surface area contributed by atoms with E-state index in [1.54, 1.807) is 0 Å². The van der Waals surface area contributed by atoms with Crippen molar-refractivity contribution in [2.45, 2.75) is 0 Å². The van der Waals surface area contributed by atoms with Crippen molar-refractivity contribution >= 4 is 137 Å². The minimum absolute atomic E-state index is 0.234. The van der Waals surface area contributed by atoms with E-state index in [2.05, 4.69) is 403 Å². The standard InChI is InChI=1S/C90H64BN3Si2/c1-9-30-65(31-10-1)66-52-54-68(55-53-66)93-86-51-29-48-79(67-32-11-2-12-33-67)89(86)91-82-64-78(96(74-40-19-6-20-41-74,75-42-21-7-22-43-75)76-44-23-8-24-45-76)60-61-85(82)92(87-62-70(63-88(93)90(87)91)94-83-49-27-25-46-80(83)81-47-26-28-50-84(81)94)69-56-58-77(59-57-69)95(71-34-13-3-14-35-71,72-36-15-4-16-37-72)73-38-17-5-18-39-73/h1-64H. The van der Waals surface area contributed by atoms with Crippen molar-refractivity contribution in [2.75, 3.05) is 9.80 Å². The van der Waals surface area contributed by atoms with Crippen molar-refractivity contribution in [1.82, 2.24) is 4.57 Å². The third-order valence-corrected chi connectivity index (χ3v) is 30.0. The van der Waals surface area contributed by atoms with Crippen molar-refractivity contribution in [3.63, 3.8) is 0 Å². The first-order chi connectivity index (χ1) is 47.7. The fourth-order valence-corrected chi connectivity index (χ4v) is 26.0. The summed E-state index contributed by atoms with van der Waals surface area (Å²) in [4.78, 5) is 5.23. The Morgan fingerprint density at radius 2 is 0.573 bits per heavy atom. The van der Waals surface area contributed by atoms with Crippen LogP contribution in [0, 0.1) is 0 Å². The molecule has 2 aliphatic rings. The molecule has 0 saturated heterocycles. The van der Waals surface area contributed by atoms with E-state index in [9.17, 15) is 0 Å². The maximum Gasteiger partial charge on any atom is 0.252 e. The van der Waals surface area contributed by atoms with Gasteiger partial charge in [0.15, 0.2) is 16.1 Å². The number of fused-ring (bicyclic) bond motifs is 7. The third kappa shape index (κ3) is 9.01. The van der Waals surface area contributed by atoms with Gasteiger partial charge in [-0.05, 0) is 141 Å². The van der Waals surface area contributed by atoms with Gasteiger partial charge >= 0.3 is 0 Å². The number of hydrogen-bond acceptors (Lipinski definition) is 2. The van der Waals surface area contributed by atoms with Gasteiger partial charge in [0, 0.05) is 44.9 Å². The van der Waals surface area contributed by atoms with Crippen molar-refractivity contribution in [3.05, 3.63) is 388 Å². The summed E-state index contributed by atoms with van der Waals surface area (Å²) in [6, 6.07) is 147. The maximum absolute atomic E-state index is 3.11.